The summed E-state index contributed by atoms with van der Waals surface area (Å²) in [6.07, 6.45) is -2.72. The van der Waals surface area contributed by atoms with Gasteiger partial charge in [-0.1, -0.05) is 30.2 Å². The van der Waals surface area contributed by atoms with Crippen LogP contribution in [0.15, 0.2) is 72.9 Å². The van der Waals surface area contributed by atoms with E-state index in [4.69, 9.17) is 4.74 Å². The SMILES string of the molecule is FC(F)(F)c1ccc(C#Cc2nnc3ccccn23)c(Oc2ccccc2)c1. The van der Waals surface area contributed by atoms with Gasteiger partial charge in [-0.3, -0.25) is 4.40 Å². The number of aromatic nitrogens is 3. The molecule has 0 unspecified atom stereocenters. The minimum atomic E-state index is -4.48. The van der Waals surface area contributed by atoms with Crippen molar-refractivity contribution in [1.82, 2.24) is 14.6 Å². The van der Waals surface area contributed by atoms with Crippen LogP contribution in [0, 0.1) is 11.8 Å². The Morgan fingerprint density at radius 2 is 1.64 bits per heavy atom. The molecule has 0 atom stereocenters. The van der Waals surface area contributed by atoms with E-state index in [2.05, 4.69) is 22.0 Å². The lowest BCUT2D eigenvalue weighted by Gasteiger charge is -2.12. The first-order valence-corrected chi connectivity index (χ1v) is 8.27. The number of para-hydroxylation sites is 1. The fourth-order valence-corrected chi connectivity index (χ4v) is 2.55. The average molecular weight is 379 g/mol. The maximum absolute atomic E-state index is 13.1. The Kier molecular flexibility index (Phi) is 4.45. The van der Waals surface area contributed by atoms with Crippen LogP contribution in [0.4, 0.5) is 13.2 Å². The quantitative estimate of drug-likeness (QED) is 0.463. The van der Waals surface area contributed by atoms with Gasteiger partial charge in [0.2, 0.25) is 5.82 Å². The largest absolute Gasteiger partial charge is 0.456 e. The molecule has 0 aliphatic heterocycles. The standard InChI is InChI=1S/C21H12F3N3O/c22-21(23,24)16-11-9-15(18(14-16)28-17-6-2-1-3-7-17)10-12-20-26-25-19-8-4-5-13-27(19)20/h1-9,11,13-14H. The molecular formula is C21H12F3N3O. The van der Waals surface area contributed by atoms with Gasteiger partial charge in [-0.25, -0.2) is 0 Å². The van der Waals surface area contributed by atoms with Gasteiger partial charge in [-0.05, 0) is 48.4 Å². The summed E-state index contributed by atoms with van der Waals surface area (Å²) in [7, 11) is 0. The molecule has 0 saturated heterocycles. The molecule has 2 aromatic carbocycles. The number of ether oxygens (including phenoxy) is 1. The van der Waals surface area contributed by atoms with Gasteiger partial charge in [0, 0.05) is 6.20 Å². The molecule has 28 heavy (non-hydrogen) atoms. The van der Waals surface area contributed by atoms with Gasteiger partial charge in [0.15, 0.2) is 5.65 Å². The van der Waals surface area contributed by atoms with Crippen LogP contribution in [-0.4, -0.2) is 14.6 Å². The fourth-order valence-electron chi connectivity index (χ4n) is 2.55. The van der Waals surface area contributed by atoms with Crippen LogP contribution < -0.4 is 4.74 Å². The molecule has 0 radical (unpaired) electrons. The van der Waals surface area contributed by atoms with Crippen molar-refractivity contribution in [1.29, 1.82) is 0 Å². The molecule has 0 fully saturated rings. The van der Waals surface area contributed by atoms with E-state index in [1.807, 2.05) is 12.1 Å². The number of fused-ring (bicyclic) bond motifs is 1. The van der Waals surface area contributed by atoms with Crippen LogP contribution in [0.5, 0.6) is 11.5 Å². The Bertz CT molecular complexity index is 1190. The van der Waals surface area contributed by atoms with E-state index in [0.29, 0.717) is 22.8 Å². The Morgan fingerprint density at radius 3 is 2.43 bits per heavy atom. The summed E-state index contributed by atoms with van der Waals surface area (Å²) < 4.78 is 46.7. The highest BCUT2D eigenvalue weighted by Gasteiger charge is 2.31. The molecule has 2 heterocycles. The van der Waals surface area contributed by atoms with Crippen LogP contribution in [-0.2, 0) is 6.18 Å². The highest BCUT2D eigenvalue weighted by atomic mass is 19.4. The minimum absolute atomic E-state index is 0.0161. The van der Waals surface area contributed by atoms with Crippen molar-refractivity contribution in [3.8, 4) is 23.3 Å². The van der Waals surface area contributed by atoms with Crippen molar-refractivity contribution >= 4 is 5.65 Å². The molecule has 0 aliphatic rings. The molecule has 0 bridgehead atoms. The van der Waals surface area contributed by atoms with E-state index in [1.54, 1.807) is 47.0 Å². The number of benzene rings is 2. The third-order valence-corrected chi connectivity index (χ3v) is 3.90. The van der Waals surface area contributed by atoms with Gasteiger partial charge in [0.25, 0.3) is 0 Å². The van der Waals surface area contributed by atoms with E-state index in [-0.39, 0.29) is 5.75 Å². The molecule has 138 valence electrons. The monoisotopic (exact) mass is 379 g/mol. The van der Waals surface area contributed by atoms with Crippen molar-refractivity contribution in [2.45, 2.75) is 6.18 Å². The molecule has 0 N–H and O–H groups in total. The lowest BCUT2D eigenvalue weighted by molar-refractivity contribution is -0.137. The third kappa shape index (κ3) is 3.67. The van der Waals surface area contributed by atoms with Crippen LogP contribution >= 0.6 is 0 Å². The third-order valence-electron chi connectivity index (χ3n) is 3.90. The molecule has 0 spiro atoms. The van der Waals surface area contributed by atoms with E-state index in [1.165, 1.54) is 6.07 Å². The van der Waals surface area contributed by atoms with Crippen molar-refractivity contribution in [3.05, 3.63) is 89.9 Å². The zero-order chi connectivity index (χ0) is 19.6. The first-order chi connectivity index (χ1) is 13.5. The van der Waals surface area contributed by atoms with Crippen LogP contribution in [0.25, 0.3) is 5.65 Å². The molecule has 4 nitrogen and oxygen atoms in total. The number of hydrogen-bond acceptors (Lipinski definition) is 3. The zero-order valence-electron chi connectivity index (χ0n) is 14.3. The van der Waals surface area contributed by atoms with Crippen molar-refractivity contribution in [2.75, 3.05) is 0 Å². The predicted octanol–water partition coefficient (Wildman–Crippen LogP) is 4.94. The number of pyridine rings is 1. The molecule has 7 heteroatoms. The molecule has 4 rings (SSSR count). The number of hydrogen-bond donors (Lipinski definition) is 0. The summed E-state index contributed by atoms with van der Waals surface area (Å²) in [5.41, 5.74) is 0.126. The summed E-state index contributed by atoms with van der Waals surface area (Å²) in [6.45, 7) is 0. The lowest BCUT2D eigenvalue weighted by Crippen LogP contribution is -2.05. The van der Waals surface area contributed by atoms with Crippen molar-refractivity contribution < 1.29 is 17.9 Å². The van der Waals surface area contributed by atoms with Gasteiger partial charge in [-0.2, -0.15) is 13.2 Å². The Balaban J connectivity index is 1.76. The van der Waals surface area contributed by atoms with Crippen molar-refractivity contribution in [2.24, 2.45) is 0 Å². The molecule has 2 aromatic heterocycles. The van der Waals surface area contributed by atoms with Gasteiger partial charge in [-0.15, -0.1) is 10.2 Å². The van der Waals surface area contributed by atoms with E-state index < -0.39 is 11.7 Å². The first-order valence-electron chi connectivity index (χ1n) is 8.27. The maximum atomic E-state index is 13.1. The minimum Gasteiger partial charge on any atom is -0.456 e. The normalized spacial score (nSPS) is 11.1. The van der Waals surface area contributed by atoms with Gasteiger partial charge in [0.05, 0.1) is 11.1 Å². The number of alkyl halides is 3. The second-order valence-corrected chi connectivity index (χ2v) is 5.83. The highest BCUT2D eigenvalue weighted by molar-refractivity contribution is 5.52. The van der Waals surface area contributed by atoms with Crippen molar-refractivity contribution in [3.63, 3.8) is 0 Å². The molecule has 0 saturated carbocycles. The number of rotatable bonds is 2. The zero-order valence-corrected chi connectivity index (χ0v) is 14.3. The van der Waals surface area contributed by atoms with Crippen LogP contribution in [0.3, 0.4) is 0 Å². The summed E-state index contributed by atoms with van der Waals surface area (Å²) in [5.74, 6) is 6.49. The summed E-state index contributed by atoms with van der Waals surface area (Å²) in [6, 6.07) is 17.2. The Hall–Kier alpha value is -3.79. The average Bonchev–Trinajstić information content (AvgIpc) is 3.10. The smallest absolute Gasteiger partial charge is 0.416 e. The second kappa shape index (κ2) is 7.08. The van der Waals surface area contributed by atoms with Gasteiger partial charge < -0.3 is 4.74 Å². The van der Waals surface area contributed by atoms with E-state index >= 15 is 0 Å². The Labute approximate surface area is 158 Å². The maximum Gasteiger partial charge on any atom is 0.416 e. The topological polar surface area (TPSA) is 39.4 Å². The van der Waals surface area contributed by atoms with E-state index in [0.717, 1.165) is 12.1 Å². The number of halogens is 3. The lowest BCUT2D eigenvalue weighted by atomic mass is 10.1. The predicted molar refractivity (Wildman–Crippen MR) is 96.9 cm³/mol. The molecule has 0 amide bonds. The second-order valence-electron chi connectivity index (χ2n) is 5.83. The summed E-state index contributed by atoms with van der Waals surface area (Å²) >= 11 is 0. The van der Waals surface area contributed by atoms with E-state index in [9.17, 15) is 13.2 Å². The molecule has 0 aliphatic carbocycles. The summed E-state index contributed by atoms with van der Waals surface area (Å²) in [5, 5.41) is 8.00. The highest BCUT2D eigenvalue weighted by Crippen LogP contribution is 2.34. The first kappa shape index (κ1) is 17.6. The molecular weight excluding hydrogens is 367 g/mol. The number of nitrogens with zero attached hydrogens (tertiary/aromatic N) is 3. The van der Waals surface area contributed by atoms with Crippen LogP contribution in [0.1, 0.15) is 17.0 Å². The summed E-state index contributed by atoms with van der Waals surface area (Å²) in [4.78, 5) is 0. The fraction of sp³-hybridized carbons (Fsp3) is 0.0476. The van der Waals surface area contributed by atoms with Crippen LogP contribution in [0.2, 0.25) is 0 Å². The molecule has 4 aromatic rings. The van der Waals surface area contributed by atoms with Gasteiger partial charge >= 0.3 is 6.18 Å². The Morgan fingerprint density at radius 1 is 0.857 bits per heavy atom. The van der Waals surface area contributed by atoms with Gasteiger partial charge in [0.1, 0.15) is 11.5 Å².